The molecule has 0 spiro atoms. The zero-order chi connectivity index (χ0) is 12.3. The Morgan fingerprint density at radius 1 is 0.765 bits per heavy atom. The lowest BCUT2D eigenvalue weighted by molar-refractivity contribution is 0.145. The molecule has 0 aromatic heterocycles. The van der Waals surface area contributed by atoms with Crippen LogP contribution in [0.4, 0.5) is 0 Å². The summed E-state index contributed by atoms with van der Waals surface area (Å²) in [6, 6.07) is 1.66. The summed E-state index contributed by atoms with van der Waals surface area (Å²) in [5, 5.41) is 3.96. The Morgan fingerprint density at radius 2 is 1.41 bits per heavy atom. The Labute approximate surface area is 108 Å². The van der Waals surface area contributed by atoms with Crippen molar-refractivity contribution < 1.29 is 0 Å². The first-order valence-corrected chi connectivity index (χ1v) is 7.82. The van der Waals surface area contributed by atoms with Crippen molar-refractivity contribution in [1.82, 2.24) is 5.32 Å². The van der Waals surface area contributed by atoms with E-state index in [1.165, 1.54) is 57.8 Å². The molecule has 100 valence electrons. The lowest BCUT2D eigenvalue weighted by Gasteiger charge is -2.39. The molecule has 0 unspecified atom stereocenters. The molecule has 0 amide bonds. The van der Waals surface area contributed by atoms with E-state index in [2.05, 4.69) is 26.1 Å². The average molecular weight is 237 g/mol. The largest absolute Gasteiger partial charge is 0.311 e. The van der Waals surface area contributed by atoms with E-state index in [4.69, 9.17) is 0 Å². The fourth-order valence-corrected chi connectivity index (χ4v) is 3.73. The Morgan fingerprint density at radius 3 is 2.06 bits per heavy atom. The van der Waals surface area contributed by atoms with Crippen LogP contribution in [0.2, 0.25) is 0 Å². The molecule has 0 aromatic carbocycles. The van der Waals surface area contributed by atoms with Gasteiger partial charge in [-0.05, 0) is 43.4 Å². The molecule has 0 saturated heterocycles. The predicted octanol–water partition coefficient (Wildman–Crippen LogP) is 4.51. The third-order valence-corrected chi connectivity index (χ3v) is 4.98. The fourth-order valence-electron chi connectivity index (χ4n) is 3.73. The van der Waals surface area contributed by atoms with Crippen LogP contribution < -0.4 is 5.32 Å². The van der Waals surface area contributed by atoms with Crippen LogP contribution in [0, 0.1) is 11.3 Å². The van der Waals surface area contributed by atoms with E-state index >= 15 is 0 Å². The van der Waals surface area contributed by atoms with Gasteiger partial charge in [0.2, 0.25) is 0 Å². The van der Waals surface area contributed by atoms with Crippen LogP contribution in [0.5, 0.6) is 0 Å². The van der Waals surface area contributed by atoms with Crippen LogP contribution in [-0.4, -0.2) is 12.1 Å². The van der Waals surface area contributed by atoms with Gasteiger partial charge >= 0.3 is 0 Å². The van der Waals surface area contributed by atoms with Crippen molar-refractivity contribution in [1.29, 1.82) is 0 Å². The van der Waals surface area contributed by atoms with Crippen molar-refractivity contribution in [2.45, 2.75) is 90.6 Å². The third-order valence-electron chi connectivity index (χ3n) is 4.98. The molecule has 2 atom stereocenters. The molecule has 0 aromatic rings. The van der Waals surface area contributed by atoms with Gasteiger partial charge in [0.05, 0.1) is 0 Å². The Hall–Kier alpha value is -0.0400. The number of rotatable bonds is 2. The maximum atomic E-state index is 3.96. The van der Waals surface area contributed by atoms with Gasteiger partial charge in [-0.25, -0.2) is 0 Å². The summed E-state index contributed by atoms with van der Waals surface area (Å²) in [5.41, 5.74) is 0.507. The molecule has 0 bridgehead atoms. The van der Waals surface area contributed by atoms with Crippen molar-refractivity contribution in [2.24, 2.45) is 11.3 Å². The van der Waals surface area contributed by atoms with Crippen molar-refractivity contribution in [3.63, 3.8) is 0 Å². The number of hydrogen-bond acceptors (Lipinski definition) is 1. The predicted molar refractivity (Wildman–Crippen MR) is 75.2 cm³/mol. The molecular weight excluding hydrogens is 206 g/mol. The Balaban J connectivity index is 1.80. The zero-order valence-electron chi connectivity index (χ0n) is 12.1. The van der Waals surface area contributed by atoms with Gasteiger partial charge < -0.3 is 5.32 Å². The van der Waals surface area contributed by atoms with Gasteiger partial charge in [-0.1, -0.05) is 46.5 Å². The normalized spacial score (nSPS) is 32.6. The highest BCUT2D eigenvalue weighted by atomic mass is 15.0. The second kappa shape index (κ2) is 5.73. The minimum absolute atomic E-state index is 0.507. The highest BCUT2D eigenvalue weighted by Gasteiger charge is 2.31. The molecule has 1 heteroatoms. The summed E-state index contributed by atoms with van der Waals surface area (Å²) < 4.78 is 0. The summed E-state index contributed by atoms with van der Waals surface area (Å²) in [6.07, 6.45) is 12.9. The molecule has 2 aliphatic carbocycles. The number of nitrogens with one attached hydrogen (secondary N) is 1. The van der Waals surface area contributed by atoms with Crippen LogP contribution in [0.1, 0.15) is 78.6 Å². The molecule has 0 aliphatic heterocycles. The van der Waals surface area contributed by atoms with Crippen molar-refractivity contribution >= 4 is 0 Å². The van der Waals surface area contributed by atoms with Crippen molar-refractivity contribution in [2.75, 3.05) is 0 Å². The van der Waals surface area contributed by atoms with E-state index in [-0.39, 0.29) is 0 Å². The molecular formula is C16H31N. The monoisotopic (exact) mass is 237 g/mol. The SMILES string of the molecule is CC(C)(C)[C@@H]1CCC[C@@H](NC2CCCCC2)C1. The van der Waals surface area contributed by atoms with E-state index in [0.717, 1.165) is 18.0 Å². The summed E-state index contributed by atoms with van der Waals surface area (Å²) in [6.45, 7) is 7.25. The molecule has 2 rings (SSSR count). The van der Waals surface area contributed by atoms with Gasteiger partial charge in [-0.3, -0.25) is 0 Å². The second-order valence-electron chi connectivity index (χ2n) is 7.43. The lowest BCUT2D eigenvalue weighted by Crippen LogP contribution is -2.43. The van der Waals surface area contributed by atoms with Gasteiger partial charge in [-0.2, -0.15) is 0 Å². The van der Waals surface area contributed by atoms with Crippen LogP contribution in [0.25, 0.3) is 0 Å². The molecule has 1 N–H and O–H groups in total. The molecule has 1 nitrogen and oxygen atoms in total. The Bertz CT molecular complexity index is 222. The standard InChI is InChI=1S/C16H31N/c1-16(2,3)13-8-7-11-15(12-13)17-14-9-5-4-6-10-14/h13-15,17H,4-12H2,1-3H3/t13-,15-/m1/s1. The van der Waals surface area contributed by atoms with E-state index in [0.29, 0.717) is 5.41 Å². The number of hydrogen-bond donors (Lipinski definition) is 1. The van der Waals surface area contributed by atoms with E-state index in [1.807, 2.05) is 0 Å². The minimum Gasteiger partial charge on any atom is -0.311 e. The zero-order valence-corrected chi connectivity index (χ0v) is 12.1. The molecule has 0 radical (unpaired) electrons. The third kappa shape index (κ3) is 3.98. The molecule has 2 aliphatic rings. The highest BCUT2D eigenvalue weighted by molar-refractivity contribution is 4.86. The van der Waals surface area contributed by atoms with Crippen LogP contribution in [0.3, 0.4) is 0 Å². The average Bonchev–Trinajstić information content (AvgIpc) is 2.29. The van der Waals surface area contributed by atoms with Gasteiger partial charge in [0.1, 0.15) is 0 Å². The fraction of sp³-hybridized carbons (Fsp3) is 1.00. The van der Waals surface area contributed by atoms with E-state index in [1.54, 1.807) is 0 Å². The minimum atomic E-state index is 0.507. The Kier molecular flexibility index (Phi) is 4.52. The quantitative estimate of drug-likeness (QED) is 0.745. The lowest BCUT2D eigenvalue weighted by atomic mass is 9.71. The van der Waals surface area contributed by atoms with Crippen molar-refractivity contribution in [3.05, 3.63) is 0 Å². The second-order valence-corrected chi connectivity index (χ2v) is 7.43. The maximum Gasteiger partial charge on any atom is 0.00724 e. The van der Waals surface area contributed by atoms with E-state index < -0.39 is 0 Å². The van der Waals surface area contributed by atoms with E-state index in [9.17, 15) is 0 Å². The first-order valence-electron chi connectivity index (χ1n) is 7.82. The summed E-state index contributed by atoms with van der Waals surface area (Å²) >= 11 is 0. The molecule has 2 fully saturated rings. The first kappa shape index (κ1) is 13.4. The van der Waals surface area contributed by atoms with Crippen LogP contribution in [-0.2, 0) is 0 Å². The maximum absolute atomic E-state index is 3.96. The smallest absolute Gasteiger partial charge is 0.00724 e. The summed E-state index contributed by atoms with van der Waals surface area (Å²) in [5.74, 6) is 0.928. The van der Waals surface area contributed by atoms with Gasteiger partial charge in [0, 0.05) is 12.1 Å². The topological polar surface area (TPSA) is 12.0 Å². The first-order chi connectivity index (χ1) is 8.05. The van der Waals surface area contributed by atoms with Crippen LogP contribution >= 0.6 is 0 Å². The van der Waals surface area contributed by atoms with Gasteiger partial charge in [0.15, 0.2) is 0 Å². The van der Waals surface area contributed by atoms with Gasteiger partial charge in [-0.15, -0.1) is 0 Å². The van der Waals surface area contributed by atoms with Crippen LogP contribution in [0.15, 0.2) is 0 Å². The summed E-state index contributed by atoms with van der Waals surface area (Å²) in [7, 11) is 0. The molecule has 17 heavy (non-hydrogen) atoms. The molecule has 2 saturated carbocycles. The van der Waals surface area contributed by atoms with Gasteiger partial charge in [0.25, 0.3) is 0 Å². The highest BCUT2D eigenvalue weighted by Crippen LogP contribution is 2.38. The summed E-state index contributed by atoms with van der Waals surface area (Å²) in [4.78, 5) is 0. The van der Waals surface area contributed by atoms with Crippen molar-refractivity contribution in [3.8, 4) is 0 Å². The molecule has 0 heterocycles.